The fourth-order valence-corrected chi connectivity index (χ4v) is 2.22. The fraction of sp³-hybridized carbons (Fsp3) is 0.467. The van der Waals surface area contributed by atoms with E-state index in [-0.39, 0.29) is 12.0 Å². The van der Waals surface area contributed by atoms with Crippen molar-refractivity contribution < 1.29 is 37.0 Å². The van der Waals surface area contributed by atoms with Gasteiger partial charge in [0.15, 0.2) is 0 Å². The molecule has 23 heavy (non-hydrogen) atoms. The topological polar surface area (TPSA) is 61.8 Å². The van der Waals surface area contributed by atoms with Crippen molar-refractivity contribution in [2.24, 2.45) is 0 Å². The van der Waals surface area contributed by atoms with E-state index in [1.165, 1.54) is 12.1 Å². The second-order valence-electron chi connectivity index (χ2n) is 5.13. The molecule has 2 rings (SSSR count). The van der Waals surface area contributed by atoms with Gasteiger partial charge in [-0.25, -0.2) is 4.79 Å². The van der Waals surface area contributed by atoms with Crippen LogP contribution in [0.3, 0.4) is 0 Å². The lowest BCUT2D eigenvalue weighted by Gasteiger charge is -2.30. The smallest absolute Gasteiger partial charge is 0.420 e. The zero-order chi connectivity index (χ0) is 17.1. The molecule has 0 aliphatic carbocycles. The minimum absolute atomic E-state index is 0.123. The quantitative estimate of drug-likeness (QED) is 0.794. The van der Waals surface area contributed by atoms with E-state index in [1.54, 1.807) is 18.2 Å². The number of halogens is 3. The van der Waals surface area contributed by atoms with Crippen LogP contribution >= 0.6 is 0 Å². The predicted octanol–water partition coefficient (Wildman–Crippen LogP) is 2.84. The number of hydrogen-bond acceptors (Lipinski definition) is 5. The van der Waals surface area contributed by atoms with E-state index >= 15 is 0 Å². The van der Waals surface area contributed by atoms with Gasteiger partial charge in [-0.2, -0.15) is 13.2 Å². The van der Waals surface area contributed by atoms with E-state index < -0.39 is 43.0 Å². The molecule has 1 heterocycles. The molecule has 1 unspecified atom stereocenters. The van der Waals surface area contributed by atoms with Crippen LogP contribution in [0.1, 0.15) is 30.1 Å². The Balaban J connectivity index is 2.06. The summed E-state index contributed by atoms with van der Waals surface area (Å²) in [6.07, 6.45) is -6.65. The standard InChI is InChI=1S/C15H15F3O5/c1-10(19)22-12-7-8-14(23-12,15(16,17)18)9-21-13(20)11-5-3-2-4-6-11/h2-6,12H,7-9H2,1H3/t12?,14-/m0/s1. The van der Waals surface area contributed by atoms with E-state index in [1.807, 2.05) is 0 Å². The molecule has 2 atom stereocenters. The Bertz CT molecular complexity index is 572. The van der Waals surface area contributed by atoms with E-state index in [4.69, 9.17) is 9.47 Å². The molecule has 1 saturated heterocycles. The molecule has 0 spiro atoms. The second-order valence-corrected chi connectivity index (χ2v) is 5.13. The molecule has 8 heteroatoms. The first kappa shape index (κ1) is 17.3. The van der Waals surface area contributed by atoms with Crippen LogP contribution in [0.4, 0.5) is 13.2 Å². The molecule has 0 amide bonds. The Morgan fingerprint density at radius 2 is 1.96 bits per heavy atom. The van der Waals surface area contributed by atoms with Gasteiger partial charge in [-0.15, -0.1) is 0 Å². The first-order valence-corrected chi connectivity index (χ1v) is 6.87. The zero-order valence-corrected chi connectivity index (χ0v) is 12.3. The van der Waals surface area contributed by atoms with Crippen LogP contribution in [0.5, 0.6) is 0 Å². The van der Waals surface area contributed by atoms with Gasteiger partial charge in [0.1, 0.15) is 6.61 Å². The van der Waals surface area contributed by atoms with Gasteiger partial charge in [-0.1, -0.05) is 18.2 Å². The lowest BCUT2D eigenvalue weighted by molar-refractivity contribution is -0.301. The third kappa shape index (κ3) is 4.01. The molecule has 1 fully saturated rings. The van der Waals surface area contributed by atoms with Crippen LogP contribution in [0, 0.1) is 0 Å². The number of rotatable bonds is 4. The molecule has 0 radical (unpaired) electrons. The van der Waals surface area contributed by atoms with Crippen LogP contribution in [0.15, 0.2) is 30.3 Å². The van der Waals surface area contributed by atoms with Gasteiger partial charge in [-0.05, 0) is 18.6 Å². The highest BCUT2D eigenvalue weighted by Crippen LogP contribution is 2.44. The summed E-state index contributed by atoms with van der Waals surface area (Å²) in [6, 6.07) is 7.66. The Hall–Kier alpha value is -2.09. The minimum Gasteiger partial charge on any atom is -0.459 e. The minimum atomic E-state index is -4.77. The van der Waals surface area contributed by atoms with Crippen molar-refractivity contribution >= 4 is 11.9 Å². The van der Waals surface area contributed by atoms with Crippen molar-refractivity contribution in [3.8, 4) is 0 Å². The van der Waals surface area contributed by atoms with E-state index in [0.717, 1.165) is 6.92 Å². The molecule has 1 aliphatic heterocycles. The van der Waals surface area contributed by atoms with Crippen molar-refractivity contribution in [3.63, 3.8) is 0 Å². The third-order valence-electron chi connectivity index (χ3n) is 3.40. The molecule has 1 aromatic rings. The Labute approximate surface area is 130 Å². The van der Waals surface area contributed by atoms with Gasteiger partial charge in [0.25, 0.3) is 0 Å². The second kappa shape index (κ2) is 6.57. The first-order chi connectivity index (χ1) is 10.7. The summed E-state index contributed by atoms with van der Waals surface area (Å²) in [7, 11) is 0. The van der Waals surface area contributed by atoms with Gasteiger partial charge >= 0.3 is 18.1 Å². The van der Waals surface area contributed by atoms with E-state index in [2.05, 4.69) is 4.74 Å². The van der Waals surface area contributed by atoms with E-state index in [0.29, 0.717) is 0 Å². The third-order valence-corrected chi connectivity index (χ3v) is 3.40. The van der Waals surface area contributed by atoms with Crippen molar-refractivity contribution in [3.05, 3.63) is 35.9 Å². The highest BCUT2D eigenvalue weighted by molar-refractivity contribution is 5.89. The summed E-state index contributed by atoms with van der Waals surface area (Å²) in [4.78, 5) is 22.6. The number of carbonyl (C=O) groups is 2. The van der Waals surface area contributed by atoms with Crippen molar-refractivity contribution in [2.75, 3.05) is 6.61 Å². The van der Waals surface area contributed by atoms with Crippen molar-refractivity contribution in [1.82, 2.24) is 0 Å². The summed E-state index contributed by atoms with van der Waals surface area (Å²) in [5.41, 5.74) is -2.53. The molecule has 0 bridgehead atoms. The molecule has 0 saturated carbocycles. The Morgan fingerprint density at radius 1 is 1.30 bits per heavy atom. The summed E-state index contributed by atoms with van der Waals surface area (Å²) < 4.78 is 54.3. The fourth-order valence-electron chi connectivity index (χ4n) is 2.22. The lowest BCUT2D eigenvalue weighted by atomic mass is 10.0. The maximum atomic E-state index is 13.3. The average molecular weight is 332 g/mol. The largest absolute Gasteiger partial charge is 0.459 e. The molecule has 5 nitrogen and oxygen atoms in total. The maximum Gasteiger partial charge on any atom is 0.420 e. The summed E-state index contributed by atoms with van der Waals surface area (Å²) in [5.74, 6) is -1.62. The highest BCUT2D eigenvalue weighted by Gasteiger charge is 2.61. The summed E-state index contributed by atoms with van der Waals surface area (Å²) in [5, 5.41) is 0. The van der Waals surface area contributed by atoms with Crippen LogP contribution < -0.4 is 0 Å². The Kier molecular flexibility index (Phi) is 4.93. The molecular formula is C15H15F3O5. The summed E-state index contributed by atoms with van der Waals surface area (Å²) in [6.45, 7) is 0.0777. The molecule has 0 N–H and O–H groups in total. The number of carbonyl (C=O) groups excluding carboxylic acids is 2. The van der Waals surface area contributed by atoms with Gasteiger partial charge in [0.05, 0.1) is 5.56 Å². The monoisotopic (exact) mass is 332 g/mol. The zero-order valence-electron chi connectivity index (χ0n) is 12.3. The number of alkyl halides is 3. The van der Waals surface area contributed by atoms with Gasteiger partial charge < -0.3 is 14.2 Å². The van der Waals surface area contributed by atoms with Crippen LogP contribution in [0.25, 0.3) is 0 Å². The van der Waals surface area contributed by atoms with Gasteiger partial charge in [0, 0.05) is 13.3 Å². The summed E-state index contributed by atoms with van der Waals surface area (Å²) >= 11 is 0. The van der Waals surface area contributed by atoms with Gasteiger partial charge in [-0.3, -0.25) is 4.79 Å². The predicted molar refractivity (Wildman–Crippen MR) is 71.4 cm³/mol. The molecular weight excluding hydrogens is 317 g/mol. The molecule has 1 aliphatic rings. The van der Waals surface area contributed by atoms with E-state index in [9.17, 15) is 22.8 Å². The molecule has 1 aromatic carbocycles. The SMILES string of the molecule is CC(=O)OC1CC[C@](COC(=O)c2ccccc2)(C(F)(F)F)O1. The normalized spacial score (nSPS) is 24.3. The lowest BCUT2D eigenvalue weighted by Crippen LogP contribution is -2.49. The number of benzene rings is 1. The van der Waals surface area contributed by atoms with Gasteiger partial charge in [0.2, 0.25) is 11.9 Å². The molecule has 0 aromatic heterocycles. The number of hydrogen-bond donors (Lipinski definition) is 0. The first-order valence-electron chi connectivity index (χ1n) is 6.87. The number of esters is 2. The van der Waals surface area contributed by atoms with Crippen LogP contribution in [-0.2, 0) is 19.0 Å². The highest BCUT2D eigenvalue weighted by atomic mass is 19.4. The van der Waals surface area contributed by atoms with Crippen molar-refractivity contribution in [1.29, 1.82) is 0 Å². The number of ether oxygens (including phenoxy) is 3. The Morgan fingerprint density at radius 3 is 2.52 bits per heavy atom. The van der Waals surface area contributed by atoms with Crippen molar-refractivity contribution in [2.45, 2.75) is 37.8 Å². The molecule has 126 valence electrons. The maximum absolute atomic E-state index is 13.3. The van der Waals surface area contributed by atoms with Crippen LogP contribution in [-0.4, -0.2) is 36.6 Å². The van der Waals surface area contributed by atoms with Crippen LogP contribution in [0.2, 0.25) is 0 Å². The average Bonchev–Trinajstić information content (AvgIpc) is 2.89.